The Morgan fingerprint density at radius 1 is 1.19 bits per heavy atom. The van der Waals surface area contributed by atoms with E-state index in [2.05, 4.69) is 26.8 Å². The van der Waals surface area contributed by atoms with Gasteiger partial charge in [-0.2, -0.15) is 0 Å². The zero-order valence-electron chi connectivity index (χ0n) is 11.3. The fourth-order valence-electron chi connectivity index (χ4n) is 3.79. The molecule has 0 aromatic heterocycles. The van der Waals surface area contributed by atoms with Gasteiger partial charge in [-0.05, 0) is 44.4 Å². The molecule has 1 nitrogen and oxygen atoms in total. The fourth-order valence-corrected chi connectivity index (χ4v) is 3.79. The normalized spacial score (nSPS) is 37.2. The minimum atomic E-state index is 0.804. The highest BCUT2D eigenvalue weighted by molar-refractivity contribution is 5.07. The van der Waals surface area contributed by atoms with E-state index < -0.39 is 0 Å². The molecule has 0 saturated carbocycles. The van der Waals surface area contributed by atoms with Crippen LogP contribution in [0.15, 0.2) is 11.6 Å². The Kier molecular flexibility index (Phi) is 4.07. The van der Waals surface area contributed by atoms with Gasteiger partial charge in [0, 0.05) is 5.92 Å². The summed E-state index contributed by atoms with van der Waals surface area (Å²) >= 11 is 0. The van der Waals surface area contributed by atoms with Crippen LogP contribution in [0.2, 0.25) is 0 Å². The number of rotatable bonds is 2. The maximum absolute atomic E-state index is 2.52. The van der Waals surface area contributed by atoms with Crippen molar-refractivity contribution in [1.82, 2.24) is 0 Å². The average molecular weight is 222 g/mol. The van der Waals surface area contributed by atoms with E-state index in [-0.39, 0.29) is 0 Å². The zero-order chi connectivity index (χ0) is 11.5. The first-order chi connectivity index (χ1) is 7.66. The van der Waals surface area contributed by atoms with Gasteiger partial charge in [0.2, 0.25) is 0 Å². The van der Waals surface area contributed by atoms with E-state index in [1.165, 1.54) is 45.3 Å². The van der Waals surface area contributed by atoms with Crippen LogP contribution in [0.4, 0.5) is 0 Å². The van der Waals surface area contributed by atoms with Crippen LogP contribution >= 0.6 is 0 Å². The molecule has 0 radical (unpaired) electrons. The van der Waals surface area contributed by atoms with Crippen molar-refractivity contribution >= 4 is 0 Å². The SMILES string of the molecule is CC1=C[C@H](C)[C@@H](C[NH+]2CCCCC2)[C@H](C)C1. The number of nitrogens with one attached hydrogen (secondary N) is 1. The predicted octanol–water partition coefficient (Wildman–Crippen LogP) is 2.29. The van der Waals surface area contributed by atoms with Gasteiger partial charge >= 0.3 is 0 Å². The summed E-state index contributed by atoms with van der Waals surface area (Å²) in [6.07, 6.45) is 8.24. The van der Waals surface area contributed by atoms with Crippen LogP contribution in [0, 0.1) is 17.8 Å². The van der Waals surface area contributed by atoms with Crippen LogP contribution in [-0.4, -0.2) is 19.6 Å². The van der Waals surface area contributed by atoms with Gasteiger partial charge in [-0.1, -0.05) is 25.5 Å². The lowest BCUT2D eigenvalue weighted by molar-refractivity contribution is -0.909. The van der Waals surface area contributed by atoms with Crippen LogP contribution < -0.4 is 4.90 Å². The summed E-state index contributed by atoms with van der Waals surface area (Å²) in [7, 11) is 0. The summed E-state index contributed by atoms with van der Waals surface area (Å²) in [5.74, 6) is 2.63. The van der Waals surface area contributed by atoms with Gasteiger partial charge in [0.25, 0.3) is 0 Å². The van der Waals surface area contributed by atoms with Gasteiger partial charge in [0.1, 0.15) is 0 Å². The molecular formula is C15H28N+. The van der Waals surface area contributed by atoms with Crippen molar-refractivity contribution in [1.29, 1.82) is 0 Å². The summed E-state index contributed by atoms with van der Waals surface area (Å²) in [5.41, 5.74) is 1.62. The molecule has 1 fully saturated rings. The molecule has 2 aliphatic rings. The van der Waals surface area contributed by atoms with E-state index in [0.29, 0.717) is 0 Å². The van der Waals surface area contributed by atoms with E-state index in [4.69, 9.17) is 0 Å². The fraction of sp³-hybridized carbons (Fsp3) is 0.867. The smallest absolute Gasteiger partial charge is 0.0807 e. The van der Waals surface area contributed by atoms with E-state index >= 15 is 0 Å². The summed E-state index contributed by atoms with van der Waals surface area (Å²) < 4.78 is 0. The highest BCUT2D eigenvalue weighted by Crippen LogP contribution is 2.32. The maximum atomic E-state index is 2.52. The van der Waals surface area contributed by atoms with Gasteiger partial charge in [-0.25, -0.2) is 0 Å². The molecule has 0 amide bonds. The molecular weight excluding hydrogens is 194 g/mol. The molecule has 1 N–H and O–H groups in total. The standard InChI is InChI=1S/C15H27N/c1-12-9-13(2)15(14(3)10-12)11-16-7-5-4-6-8-16/h9,13-15H,4-8,10-11H2,1-3H3/p+1/t13-,14+,15+/m0/s1. The van der Waals surface area contributed by atoms with Crippen molar-refractivity contribution in [2.75, 3.05) is 19.6 Å². The second kappa shape index (κ2) is 5.35. The second-order valence-electron chi connectivity index (χ2n) is 6.23. The Hall–Kier alpha value is -0.300. The van der Waals surface area contributed by atoms with Crippen LogP contribution in [0.5, 0.6) is 0 Å². The van der Waals surface area contributed by atoms with Crippen molar-refractivity contribution in [3.05, 3.63) is 11.6 Å². The molecule has 0 unspecified atom stereocenters. The lowest BCUT2D eigenvalue weighted by Gasteiger charge is -2.36. The summed E-state index contributed by atoms with van der Waals surface area (Å²) in [6.45, 7) is 11.5. The molecule has 0 aromatic rings. The molecule has 1 saturated heterocycles. The van der Waals surface area contributed by atoms with Crippen LogP contribution in [-0.2, 0) is 0 Å². The Morgan fingerprint density at radius 3 is 2.50 bits per heavy atom. The number of quaternary nitrogens is 1. The average Bonchev–Trinajstić information content (AvgIpc) is 2.25. The van der Waals surface area contributed by atoms with E-state index in [9.17, 15) is 0 Å². The quantitative estimate of drug-likeness (QED) is 0.684. The van der Waals surface area contributed by atoms with Gasteiger partial charge < -0.3 is 4.90 Å². The Labute approximate surface area is 101 Å². The molecule has 1 aliphatic carbocycles. The molecule has 2 rings (SSSR count). The van der Waals surface area contributed by atoms with Crippen LogP contribution in [0.3, 0.4) is 0 Å². The third-order valence-corrected chi connectivity index (χ3v) is 4.68. The molecule has 1 aliphatic heterocycles. The number of hydrogen-bond donors (Lipinski definition) is 1. The molecule has 3 atom stereocenters. The molecule has 1 heterocycles. The topological polar surface area (TPSA) is 4.44 Å². The van der Waals surface area contributed by atoms with E-state index in [0.717, 1.165) is 17.8 Å². The number of hydrogen-bond acceptors (Lipinski definition) is 0. The van der Waals surface area contributed by atoms with Crippen molar-refractivity contribution in [2.45, 2.75) is 46.5 Å². The van der Waals surface area contributed by atoms with Crippen molar-refractivity contribution in [3.63, 3.8) is 0 Å². The Bertz CT molecular complexity index is 250. The van der Waals surface area contributed by atoms with Crippen molar-refractivity contribution in [3.8, 4) is 0 Å². The first kappa shape index (κ1) is 12.2. The first-order valence-electron chi connectivity index (χ1n) is 7.17. The minimum absolute atomic E-state index is 0.804. The highest BCUT2D eigenvalue weighted by atomic mass is 15.1. The molecule has 0 spiro atoms. The Morgan fingerprint density at radius 2 is 1.88 bits per heavy atom. The van der Waals surface area contributed by atoms with E-state index in [1.54, 1.807) is 5.57 Å². The third-order valence-electron chi connectivity index (χ3n) is 4.68. The van der Waals surface area contributed by atoms with Gasteiger partial charge in [0.15, 0.2) is 0 Å². The second-order valence-corrected chi connectivity index (χ2v) is 6.23. The summed E-state index contributed by atoms with van der Waals surface area (Å²) in [4.78, 5) is 1.88. The minimum Gasteiger partial charge on any atom is -0.335 e. The summed E-state index contributed by atoms with van der Waals surface area (Å²) in [5, 5.41) is 0. The van der Waals surface area contributed by atoms with Crippen LogP contribution in [0.1, 0.15) is 46.5 Å². The Balaban J connectivity index is 1.92. The molecule has 16 heavy (non-hydrogen) atoms. The van der Waals surface area contributed by atoms with E-state index in [1.807, 2.05) is 4.90 Å². The summed E-state index contributed by atoms with van der Waals surface area (Å²) in [6, 6.07) is 0. The maximum Gasteiger partial charge on any atom is 0.0807 e. The van der Waals surface area contributed by atoms with Gasteiger partial charge in [-0.3, -0.25) is 0 Å². The molecule has 0 bridgehead atoms. The lowest BCUT2D eigenvalue weighted by atomic mass is 9.74. The lowest BCUT2D eigenvalue weighted by Crippen LogP contribution is -3.13. The predicted molar refractivity (Wildman–Crippen MR) is 69.6 cm³/mol. The number of piperidine rings is 1. The molecule has 1 heteroatoms. The molecule has 92 valence electrons. The number of likely N-dealkylation sites (tertiary alicyclic amines) is 1. The highest BCUT2D eigenvalue weighted by Gasteiger charge is 2.30. The molecule has 0 aromatic carbocycles. The van der Waals surface area contributed by atoms with Crippen molar-refractivity contribution in [2.24, 2.45) is 17.8 Å². The monoisotopic (exact) mass is 222 g/mol. The van der Waals surface area contributed by atoms with Crippen LogP contribution in [0.25, 0.3) is 0 Å². The third kappa shape index (κ3) is 2.88. The van der Waals surface area contributed by atoms with Gasteiger partial charge in [-0.15, -0.1) is 0 Å². The number of allylic oxidation sites excluding steroid dienone is 2. The largest absolute Gasteiger partial charge is 0.335 e. The van der Waals surface area contributed by atoms with Crippen molar-refractivity contribution < 1.29 is 4.90 Å². The zero-order valence-corrected chi connectivity index (χ0v) is 11.3. The first-order valence-corrected chi connectivity index (χ1v) is 7.17. The van der Waals surface area contributed by atoms with Gasteiger partial charge in [0.05, 0.1) is 19.6 Å².